The van der Waals surface area contributed by atoms with Crippen molar-refractivity contribution in [2.75, 3.05) is 5.32 Å². The summed E-state index contributed by atoms with van der Waals surface area (Å²) in [6.45, 7) is 6.68. The lowest BCUT2D eigenvalue weighted by Crippen LogP contribution is -2.29. The molecule has 0 spiro atoms. The third-order valence-corrected chi connectivity index (χ3v) is 7.27. The van der Waals surface area contributed by atoms with Crippen molar-refractivity contribution >= 4 is 33.8 Å². The van der Waals surface area contributed by atoms with Gasteiger partial charge in [-0.15, -0.1) is 11.3 Å². The number of rotatable bonds is 6. The van der Waals surface area contributed by atoms with Crippen molar-refractivity contribution < 1.29 is 14.5 Å². The molecule has 1 aromatic heterocycles. The van der Waals surface area contributed by atoms with Crippen LogP contribution in [0.25, 0.3) is 0 Å². The summed E-state index contributed by atoms with van der Waals surface area (Å²) >= 11 is 1.36. The second kappa shape index (κ2) is 7.94. The Hall–Kier alpha value is -2.74. The van der Waals surface area contributed by atoms with Crippen molar-refractivity contribution in [1.29, 1.82) is 0 Å². The number of fused-ring (bicyclic) bond motifs is 1. The summed E-state index contributed by atoms with van der Waals surface area (Å²) in [4.78, 5) is 36.6. The predicted octanol–water partition coefficient (Wildman–Crippen LogP) is 4.55. The fourth-order valence-electron chi connectivity index (χ4n) is 3.89. The minimum absolute atomic E-state index is 0.0516. The van der Waals surface area contributed by atoms with Gasteiger partial charge >= 0.3 is 0 Å². The fourth-order valence-corrected chi connectivity index (χ4v) is 5.21. The van der Waals surface area contributed by atoms with E-state index in [-0.39, 0.29) is 16.7 Å². The number of thiophene rings is 1. The van der Waals surface area contributed by atoms with Crippen molar-refractivity contribution in [2.24, 2.45) is 17.1 Å². The van der Waals surface area contributed by atoms with E-state index in [9.17, 15) is 19.7 Å². The summed E-state index contributed by atoms with van der Waals surface area (Å²) in [6.07, 6.45) is 3.59. The number of nitrogens with zero attached hydrogens (tertiary/aromatic N) is 1. The van der Waals surface area contributed by atoms with Gasteiger partial charge in [-0.25, -0.2) is 0 Å². The van der Waals surface area contributed by atoms with Crippen LogP contribution in [0.1, 0.15) is 64.8 Å². The van der Waals surface area contributed by atoms with Gasteiger partial charge in [0.2, 0.25) is 0 Å². The maximum atomic E-state index is 12.7. The molecule has 1 heterocycles. The largest absolute Gasteiger partial charge is 0.365 e. The number of anilines is 1. The van der Waals surface area contributed by atoms with Crippen LogP contribution in [0.2, 0.25) is 0 Å². The monoisotopic (exact) mass is 415 g/mol. The second-order valence-corrected chi connectivity index (χ2v) is 9.19. The number of nitrogens with two attached hydrogens (primary N) is 1. The minimum atomic E-state index is -0.621. The molecular weight excluding hydrogens is 390 g/mol. The van der Waals surface area contributed by atoms with E-state index in [2.05, 4.69) is 26.1 Å². The van der Waals surface area contributed by atoms with Crippen LogP contribution < -0.4 is 11.1 Å². The Morgan fingerprint density at radius 1 is 1.34 bits per heavy atom. The van der Waals surface area contributed by atoms with E-state index in [1.54, 1.807) is 6.07 Å². The van der Waals surface area contributed by atoms with Crippen LogP contribution in [0.4, 0.5) is 10.7 Å². The van der Waals surface area contributed by atoms with Crippen LogP contribution in [0.3, 0.4) is 0 Å². The van der Waals surface area contributed by atoms with Gasteiger partial charge < -0.3 is 11.1 Å². The third kappa shape index (κ3) is 4.03. The number of carbonyl (C=O) groups excluding carboxylic acids is 2. The quantitative estimate of drug-likeness (QED) is 0.532. The lowest BCUT2D eigenvalue weighted by atomic mass is 9.69. The number of carbonyl (C=O) groups is 2. The third-order valence-electron chi connectivity index (χ3n) is 6.10. The van der Waals surface area contributed by atoms with Crippen LogP contribution in [0, 0.1) is 21.4 Å². The summed E-state index contributed by atoms with van der Waals surface area (Å²) < 4.78 is 0. The van der Waals surface area contributed by atoms with Crippen LogP contribution in [-0.2, 0) is 12.8 Å². The van der Waals surface area contributed by atoms with E-state index in [4.69, 9.17) is 5.73 Å². The number of nitrogens with one attached hydrogen (secondary N) is 1. The molecule has 1 aromatic carbocycles. The van der Waals surface area contributed by atoms with E-state index >= 15 is 0 Å². The summed E-state index contributed by atoms with van der Waals surface area (Å²) in [5.74, 6) is -0.726. The number of primary amides is 1. The smallest absolute Gasteiger partial charge is 0.282 e. The van der Waals surface area contributed by atoms with Crippen LogP contribution >= 0.6 is 11.3 Å². The molecule has 7 nitrogen and oxygen atoms in total. The molecule has 0 saturated carbocycles. The molecule has 0 aliphatic heterocycles. The molecule has 0 fully saturated rings. The Morgan fingerprint density at radius 3 is 2.66 bits per heavy atom. The molecule has 8 heteroatoms. The van der Waals surface area contributed by atoms with Crippen LogP contribution in [0.15, 0.2) is 24.3 Å². The first-order valence-corrected chi connectivity index (χ1v) is 10.5. The molecule has 0 bridgehead atoms. The minimum Gasteiger partial charge on any atom is -0.365 e. The number of benzene rings is 1. The molecule has 1 atom stereocenters. The summed E-state index contributed by atoms with van der Waals surface area (Å²) in [6, 6.07) is 5.74. The van der Waals surface area contributed by atoms with Crippen molar-refractivity contribution in [3.05, 3.63) is 55.9 Å². The van der Waals surface area contributed by atoms with E-state index in [1.165, 1.54) is 29.5 Å². The first-order valence-electron chi connectivity index (χ1n) is 9.64. The Labute approximate surface area is 173 Å². The van der Waals surface area contributed by atoms with Gasteiger partial charge in [-0.2, -0.15) is 0 Å². The number of nitro benzene ring substituents is 1. The fraction of sp³-hybridized carbons (Fsp3) is 0.429. The van der Waals surface area contributed by atoms with Gasteiger partial charge in [0.15, 0.2) is 0 Å². The molecule has 2 amide bonds. The molecule has 1 aliphatic carbocycles. The highest BCUT2D eigenvalue weighted by Crippen LogP contribution is 2.45. The number of amides is 2. The Kier molecular flexibility index (Phi) is 5.75. The summed E-state index contributed by atoms with van der Waals surface area (Å²) in [5.41, 5.74) is 6.72. The highest BCUT2D eigenvalue weighted by molar-refractivity contribution is 7.17. The van der Waals surface area contributed by atoms with E-state index in [0.717, 1.165) is 36.1 Å². The van der Waals surface area contributed by atoms with Gasteiger partial charge in [0.1, 0.15) is 10.6 Å². The zero-order valence-corrected chi connectivity index (χ0v) is 17.6. The van der Waals surface area contributed by atoms with E-state index in [0.29, 0.717) is 16.5 Å². The SMILES string of the molecule is CCC(C)(C)C1CCc2c(sc(NC(=O)c3ccccc3[N+](=O)[O-])c2C(N)=O)C1. The average Bonchev–Trinajstić information content (AvgIpc) is 3.04. The Morgan fingerprint density at radius 2 is 2.03 bits per heavy atom. The molecule has 29 heavy (non-hydrogen) atoms. The normalized spacial score (nSPS) is 16.2. The zero-order chi connectivity index (χ0) is 21.3. The number of hydrogen-bond donors (Lipinski definition) is 2. The van der Waals surface area contributed by atoms with E-state index in [1.807, 2.05) is 0 Å². The van der Waals surface area contributed by atoms with Crippen LogP contribution in [-0.4, -0.2) is 16.7 Å². The van der Waals surface area contributed by atoms with Gasteiger partial charge in [-0.3, -0.25) is 19.7 Å². The lowest BCUT2D eigenvalue weighted by Gasteiger charge is -2.36. The van der Waals surface area contributed by atoms with Crippen molar-refractivity contribution in [2.45, 2.75) is 46.5 Å². The number of para-hydroxylation sites is 1. The molecule has 0 radical (unpaired) electrons. The first kappa shape index (κ1) is 21.0. The maximum Gasteiger partial charge on any atom is 0.282 e. The van der Waals surface area contributed by atoms with Crippen molar-refractivity contribution in [1.82, 2.24) is 0 Å². The lowest BCUT2D eigenvalue weighted by molar-refractivity contribution is -0.385. The molecule has 154 valence electrons. The second-order valence-electron chi connectivity index (χ2n) is 8.08. The highest BCUT2D eigenvalue weighted by Gasteiger charge is 2.35. The zero-order valence-electron chi connectivity index (χ0n) is 16.8. The Bertz CT molecular complexity index is 980. The van der Waals surface area contributed by atoms with Gasteiger partial charge in [-0.1, -0.05) is 39.3 Å². The Balaban J connectivity index is 1.95. The standard InChI is InChI=1S/C21H25N3O4S/c1-4-21(2,3)12-9-10-14-16(11-12)29-20(17(14)18(22)25)23-19(26)13-7-5-6-8-15(13)24(27)28/h5-8,12H,4,9-11H2,1-3H3,(H2,22,25)(H,23,26). The van der Waals surface area contributed by atoms with Crippen LogP contribution in [0.5, 0.6) is 0 Å². The molecule has 2 aromatic rings. The van der Waals surface area contributed by atoms with Crippen molar-refractivity contribution in [3.8, 4) is 0 Å². The number of nitro groups is 1. The van der Waals surface area contributed by atoms with Crippen molar-refractivity contribution in [3.63, 3.8) is 0 Å². The molecule has 3 rings (SSSR count). The topological polar surface area (TPSA) is 115 Å². The number of hydrogen-bond acceptors (Lipinski definition) is 5. The molecule has 1 unspecified atom stereocenters. The molecule has 1 aliphatic rings. The first-order chi connectivity index (χ1) is 13.7. The molecule has 0 saturated heterocycles. The van der Waals surface area contributed by atoms with E-state index < -0.39 is 16.7 Å². The van der Waals surface area contributed by atoms with Gasteiger partial charge in [0.25, 0.3) is 17.5 Å². The predicted molar refractivity (Wildman–Crippen MR) is 113 cm³/mol. The average molecular weight is 416 g/mol. The maximum absolute atomic E-state index is 12.7. The highest BCUT2D eigenvalue weighted by atomic mass is 32.1. The summed E-state index contributed by atoms with van der Waals surface area (Å²) in [7, 11) is 0. The van der Waals surface area contributed by atoms with Gasteiger partial charge in [0.05, 0.1) is 10.5 Å². The van der Waals surface area contributed by atoms with Gasteiger partial charge in [0, 0.05) is 10.9 Å². The molecule has 3 N–H and O–H groups in total. The van der Waals surface area contributed by atoms with Gasteiger partial charge in [-0.05, 0) is 42.2 Å². The molecular formula is C21H25N3O4S. The summed E-state index contributed by atoms with van der Waals surface area (Å²) in [5, 5.41) is 14.3.